The number of hydrogen-bond acceptors (Lipinski definition) is 9. The molecule has 0 aliphatic heterocycles. The fourth-order valence-electron chi connectivity index (χ4n) is 6.98. The Morgan fingerprint density at radius 2 is 1.31 bits per heavy atom. The van der Waals surface area contributed by atoms with Crippen LogP contribution < -0.4 is 5.32 Å². The van der Waals surface area contributed by atoms with Gasteiger partial charge in [-0.3, -0.25) is 18.9 Å². The minimum absolute atomic E-state index is 0.0621. The van der Waals surface area contributed by atoms with Crippen LogP contribution in [0.2, 0.25) is 0 Å². The summed E-state index contributed by atoms with van der Waals surface area (Å²) < 4.78 is 43.7. The van der Waals surface area contributed by atoms with Gasteiger partial charge >= 0.3 is 11.9 Å². The topological polar surface area (TPSA) is 136 Å². The van der Waals surface area contributed by atoms with Gasteiger partial charge in [-0.1, -0.05) is 75.7 Å². The van der Waals surface area contributed by atoms with E-state index in [0.29, 0.717) is 48.5 Å². The largest absolute Gasteiger partial charge is 0.463 e. The molecule has 3 unspecified atom stereocenters. The molecular formula is C39H77N2O8S3+. The second kappa shape index (κ2) is 20.2. The Kier molecular flexibility index (Phi) is 19.8. The maximum atomic E-state index is 14.2. The van der Waals surface area contributed by atoms with Gasteiger partial charge in [0.15, 0.2) is 0 Å². The number of thiol groups is 2. The molecule has 2 N–H and O–H groups in total. The SMILES string of the molecule is CC(C)(C)CC(C)(C(=O)OCCNC(=O)CCCCC(S)CCS)C(C)(C)C(C)(C)CC(C)(C(=O)OCC[N+](C)(C)CCCS(=O)(=O)O)C(C)(C)C. The van der Waals surface area contributed by atoms with Crippen molar-refractivity contribution < 1.29 is 41.3 Å². The molecule has 10 nitrogen and oxygen atoms in total. The van der Waals surface area contributed by atoms with E-state index in [-0.39, 0.29) is 48.8 Å². The van der Waals surface area contributed by atoms with Crippen LogP contribution in [0.15, 0.2) is 0 Å². The van der Waals surface area contributed by atoms with E-state index in [9.17, 15) is 22.8 Å². The lowest BCUT2D eigenvalue weighted by Gasteiger charge is -2.56. The molecule has 0 rings (SSSR count). The van der Waals surface area contributed by atoms with Crippen LogP contribution in [0.5, 0.6) is 0 Å². The first-order valence-corrected chi connectivity index (χ1v) is 21.7. The Balaban J connectivity index is 5.88. The van der Waals surface area contributed by atoms with E-state index in [1.807, 2.05) is 48.7 Å². The molecule has 52 heavy (non-hydrogen) atoms. The zero-order chi connectivity index (χ0) is 41.0. The van der Waals surface area contributed by atoms with E-state index >= 15 is 0 Å². The molecule has 0 aliphatic rings. The van der Waals surface area contributed by atoms with Crippen LogP contribution in [0.3, 0.4) is 0 Å². The minimum Gasteiger partial charge on any atom is -0.463 e. The van der Waals surface area contributed by atoms with Crippen molar-refractivity contribution in [1.29, 1.82) is 0 Å². The first-order chi connectivity index (χ1) is 23.3. The van der Waals surface area contributed by atoms with Gasteiger partial charge in [-0.15, -0.1) is 0 Å². The molecule has 0 aromatic carbocycles. The van der Waals surface area contributed by atoms with Crippen molar-refractivity contribution in [2.45, 2.75) is 140 Å². The van der Waals surface area contributed by atoms with Crippen LogP contribution in [0.1, 0.15) is 134 Å². The number of ether oxygens (including phenoxy) is 2. The number of quaternary nitrogens is 1. The van der Waals surface area contributed by atoms with Gasteiger partial charge in [-0.05, 0) is 73.4 Å². The standard InChI is InChI=1S/C39H76N2O8S3/c1-34(2,3)28-39(12,33(44)48-24-21-40-31(42)19-16-15-18-30(51)20-26-50)37(9,10)36(7,8)29-38(11,35(4,5)6)32(43)49-25-23-41(13,14)22-17-27-52(45,46)47/h30H,15-29H2,1-14H3,(H3-,40,42,45,46,47,50,51)/p+1. The Morgan fingerprint density at radius 3 is 1.81 bits per heavy atom. The smallest absolute Gasteiger partial charge is 0.312 e. The number of nitrogens with one attached hydrogen (secondary N) is 1. The van der Waals surface area contributed by atoms with Crippen molar-refractivity contribution in [3.63, 3.8) is 0 Å². The van der Waals surface area contributed by atoms with Crippen molar-refractivity contribution in [3.8, 4) is 0 Å². The fraction of sp³-hybridized carbons (Fsp3) is 0.923. The molecule has 0 bridgehead atoms. The van der Waals surface area contributed by atoms with Crippen LogP contribution >= 0.6 is 25.3 Å². The van der Waals surface area contributed by atoms with Crippen LogP contribution in [0.25, 0.3) is 0 Å². The highest BCUT2D eigenvalue weighted by Crippen LogP contribution is 2.61. The lowest BCUT2D eigenvalue weighted by molar-refractivity contribution is -0.890. The van der Waals surface area contributed by atoms with E-state index in [1.54, 1.807) is 0 Å². The molecule has 0 saturated heterocycles. The minimum atomic E-state index is -4.03. The Hall–Kier alpha value is -1.02. The number of likely N-dealkylation sites (N-methyl/N-ethyl adjacent to an activating group) is 1. The van der Waals surface area contributed by atoms with Gasteiger partial charge in [0, 0.05) is 18.1 Å². The summed E-state index contributed by atoms with van der Waals surface area (Å²) in [6.07, 6.45) is 5.29. The third-order valence-electron chi connectivity index (χ3n) is 11.7. The number of unbranched alkanes of at least 4 members (excludes halogenated alkanes) is 1. The zero-order valence-electron chi connectivity index (χ0n) is 35.2. The van der Waals surface area contributed by atoms with E-state index in [2.05, 4.69) is 79.0 Å². The van der Waals surface area contributed by atoms with Gasteiger partial charge in [-0.25, -0.2) is 0 Å². The van der Waals surface area contributed by atoms with E-state index in [1.165, 1.54) is 0 Å². The summed E-state index contributed by atoms with van der Waals surface area (Å²) in [7, 11) is -0.167. The van der Waals surface area contributed by atoms with Crippen molar-refractivity contribution in [3.05, 3.63) is 0 Å². The maximum absolute atomic E-state index is 14.2. The molecule has 13 heteroatoms. The number of nitrogens with zero attached hydrogens (tertiary/aromatic N) is 1. The molecule has 308 valence electrons. The van der Waals surface area contributed by atoms with Gasteiger partial charge in [0.25, 0.3) is 10.1 Å². The third-order valence-corrected chi connectivity index (χ3v) is 13.3. The average molecular weight is 798 g/mol. The van der Waals surface area contributed by atoms with Crippen molar-refractivity contribution in [2.75, 3.05) is 58.4 Å². The summed E-state index contributed by atoms with van der Waals surface area (Å²) in [5.41, 5.74) is -3.80. The molecule has 0 spiro atoms. The summed E-state index contributed by atoms with van der Waals surface area (Å²) in [5, 5.41) is 3.19. The van der Waals surface area contributed by atoms with Gasteiger partial charge in [-0.2, -0.15) is 33.7 Å². The van der Waals surface area contributed by atoms with E-state index in [0.717, 1.165) is 31.4 Å². The predicted octanol–water partition coefficient (Wildman–Crippen LogP) is 7.66. The lowest BCUT2D eigenvalue weighted by Crippen LogP contribution is -2.56. The normalized spacial score (nSPS) is 16.4. The summed E-state index contributed by atoms with van der Waals surface area (Å²) in [6, 6.07) is 0. The molecule has 0 radical (unpaired) electrons. The number of hydrogen-bond donors (Lipinski definition) is 4. The molecule has 3 atom stereocenters. The first kappa shape index (κ1) is 51.0. The van der Waals surface area contributed by atoms with Crippen LogP contribution in [0.4, 0.5) is 0 Å². The number of carbonyl (C=O) groups is 3. The molecule has 1 amide bonds. The van der Waals surface area contributed by atoms with Crippen LogP contribution in [-0.2, 0) is 34.0 Å². The second-order valence-electron chi connectivity index (χ2n) is 19.4. The molecule has 0 fully saturated rings. The fourth-order valence-corrected chi connectivity index (χ4v) is 8.30. The highest BCUT2D eigenvalue weighted by molar-refractivity contribution is 7.85. The number of carbonyl (C=O) groups excluding carboxylic acids is 3. The summed E-state index contributed by atoms with van der Waals surface area (Å²) in [6.45, 7) is 26.2. The molecule has 0 aromatic heterocycles. The monoisotopic (exact) mass is 797 g/mol. The average Bonchev–Trinajstić information content (AvgIpc) is 2.94. The summed E-state index contributed by atoms with van der Waals surface area (Å²) >= 11 is 8.80. The van der Waals surface area contributed by atoms with E-state index < -0.39 is 37.2 Å². The molecule has 0 aliphatic carbocycles. The summed E-state index contributed by atoms with van der Waals surface area (Å²) in [4.78, 5) is 40.7. The highest BCUT2D eigenvalue weighted by atomic mass is 32.2. The number of amides is 1. The second-order valence-corrected chi connectivity index (χ2v) is 22.1. The van der Waals surface area contributed by atoms with Gasteiger partial charge in [0.1, 0.15) is 19.8 Å². The van der Waals surface area contributed by atoms with Gasteiger partial charge in [0.2, 0.25) is 5.91 Å². The maximum Gasteiger partial charge on any atom is 0.312 e. The number of esters is 2. The molecular weight excluding hydrogens is 721 g/mol. The van der Waals surface area contributed by atoms with Crippen LogP contribution in [-0.4, -0.2) is 99.0 Å². The van der Waals surface area contributed by atoms with Gasteiger partial charge < -0.3 is 19.3 Å². The Bertz CT molecular complexity index is 1250. The number of rotatable bonds is 24. The molecule has 0 aromatic rings. The Labute approximate surface area is 329 Å². The lowest BCUT2D eigenvalue weighted by atomic mass is 9.47. The van der Waals surface area contributed by atoms with Gasteiger partial charge in [0.05, 0.1) is 43.8 Å². The molecule has 0 heterocycles. The van der Waals surface area contributed by atoms with E-state index in [4.69, 9.17) is 14.0 Å². The Morgan fingerprint density at radius 1 is 0.769 bits per heavy atom. The highest BCUT2D eigenvalue weighted by Gasteiger charge is 2.60. The zero-order valence-corrected chi connectivity index (χ0v) is 37.8. The molecule has 0 saturated carbocycles. The first-order valence-electron chi connectivity index (χ1n) is 18.9. The van der Waals surface area contributed by atoms with Crippen molar-refractivity contribution >= 4 is 53.2 Å². The van der Waals surface area contributed by atoms with Crippen molar-refractivity contribution in [2.24, 2.45) is 32.5 Å². The quantitative estimate of drug-likeness (QED) is 0.0257. The van der Waals surface area contributed by atoms with Crippen molar-refractivity contribution in [1.82, 2.24) is 5.32 Å². The van der Waals surface area contributed by atoms with Crippen LogP contribution in [0, 0.1) is 32.5 Å². The third kappa shape index (κ3) is 16.8. The summed E-state index contributed by atoms with van der Waals surface area (Å²) in [5.74, 6) is -0.217. The predicted molar refractivity (Wildman–Crippen MR) is 219 cm³/mol.